The number of halogens is 1. The predicted molar refractivity (Wildman–Crippen MR) is 116 cm³/mol. The van der Waals surface area contributed by atoms with E-state index < -0.39 is 5.91 Å². The fourth-order valence-electron chi connectivity index (χ4n) is 2.63. The molecule has 0 aliphatic carbocycles. The van der Waals surface area contributed by atoms with Gasteiger partial charge in [-0.25, -0.2) is 4.39 Å². The Bertz CT molecular complexity index is 1040. The lowest BCUT2D eigenvalue weighted by atomic mass is 10.0. The zero-order chi connectivity index (χ0) is 22.4. The third-order valence-electron chi connectivity index (χ3n) is 4.82. The molecule has 0 unspecified atom stereocenters. The molecule has 0 saturated heterocycles. The largest absolute Gasteiger partial charge is 0.486 e. The highest BCUT2D eigenvalue weighted by molar-refractivity contribution is 6.02. The van der Waals surface area contributed by atoms with Gasteiger partial charge in [0.05, 0.1) is 0 Å². The van der Waals surface area contributed by atoms with Gasteiger partial charge in [0.15, 0.2) is 5.76 Å². The molecule has 3 rings (SSSR count). The van der Waals surface area contributed by atoms with E-state index in [0.717, 1.165) is 6.42 Å². The molecule has 7 heteroatoms. The van der Waals surface area contributed by atoms with Crippen molar-refractivity contribution < 1.29 is 23.1 Å². The third-order valence-corrected chi connectivity index (χ3v) is 4.82. The van der Waals surface area contributed by atoms with E-state index >= 15 is 0 Å². The Balaban J connectivity index is 1.55. The SMILES string of the molecule is CCC(C)(C)NC(=O)c1ccc(NC(=O)c2ccc(COc3ccc(F)cc3)o2)cc1. The Morgan fingerprint density at radius 3 is 2.29 bits per heavy atom. The van der Waals surface area contributed by atoms with Crippen LogP contribution in [0, 0.1) is 5.82 Å². The molecule has 0 spiro atoms. The molecule has 2 N–H and O–H groups in total. The summed E-state index contributed by atoms with van der Waals surface area (Å²) in [6, 6.07) is 15.4. The van der Waals surface area contributed by atoms with Crippen LogP contribution in [0.25, 0.3) is 0 Å². The van der Waals surface area contributed by atoms with Crippen LogP contribution in [0.3, 0.4) is 0 Å². The molecular formula is C24H25FN2O4. The maximum Gasteiger partial charge on any atom is 0.291 e. The molecule has 0 radical (unpaired) electrons. The van der Waals surface area contributed by atoms with Gasteiger partial charge in [0, 0.05) is 16.8 Å². The number of anilines is 1. The summed E-state index contributed by atoms with van der Waals surface area (Å²) >= 11 is 0. The van der Waals surface area contributed by atoms with Crippen LogP contribution in [-0.2, 0) is 6.61 Å². The van der Waals surface area contributed by atoms with Gasteiger partial charge in [-0.3, -0.25) is 9.59 Å². The molecule has 162 valence electrons. The highest BCUT2D eigenvalue weighted by atomic mass is 19.1. The van der Waals surface area contributed by atoms with E-state index in [0.29, 0.717) is 22.8 Å². The average molecular weight is 424 g/mol. The second kappa shape index (κ2) is 9.47. The van der Waals surface area contributed by atoms with Gasteiger partial charge in [-0.15, -0.1) is 0 Å². The van der Waals surface area contributed by atoms with Crippen molar-refractivity contribution >= 4 is 17.5 Å². The summed E-state index contributed by atoms with van der Waals surface area (Å²) in [5.74, 6) is 0.154. The molecule has 0 aliphatic rings. The van der Waals surface area contributed by atoms with Gasteiger partial charge in [-0.05, 0) is 80.9 Å². The van der Waals surface area contributed by atoms with Crippen LogP contribution in [0.2, 0.25) is 0 Å². The lowest BCUT2D eigenvalue weighted by molar-refractivity contribution is 0.0910. The summed E-state index contributed by atoms with van der Waals surface area (Å²) in [5, 5.41) is 5.70. The van der Waals surface area contributed by atoms with Crippen molar-refractivity contribution in [2.75, 3.05) is 5.32 Å². The number of hydrogen-bond donors (Lipinski definition) is 2. The van der Waals surface area contributed by atoms with Gasteiger partial charge in [0.2, 0.25) is 0 Å². The molecule has 2 aromatic carbocycles. The number of rotatable bonds is 8. The molecule has 31 heavy (non-hydrogen) atoms. The number of carbonyl (C=O) groups excluding carboxylic acids is 2. The lowest BCUT2D eigenvalue weighted by Gasteiger charge is -2.24. The second-order valence-corrected chi connectivity index (χ2v) is 7.73. The van der Waals surface area contributed by atoms with E-state index in [-0.39, 0.29) is 29.6 Å². The lowest BCUT2D eigenvalue weighted by Crippen LogP contribution is -2.42. The van der Waals surface area contributed by atoms with E-state index in [1.54, 1.807) is 36.4 Å². The van der Waals surface area contributed by atoms with Crippen LogP contribution in [0.15, 0.2) is 65.1 Å². The van der Waals surface area contributed by atoms with Crippen LogP contribution < -0.4 is 15.4 Å². The van der Waals surface area contributed by atoms with Crippen molar-refractivity contribution in [3.63, 3.8) is 0 Å². The van der Waals surface area contributed by atoms with Crippen molar-refractivity contribution in [3.05, 3.63) is 83.6 Å². The molecule has 2 amide bonds. The molecule has 3 aromatic rings. The zero-order valence-electron chi connectivity index (χ0n) is 17.7. The van der Waals surface area contributed by atoms with Gasteiger partial charge < -0.3 is 19.8 Å². The number of nitrogens with one attached hydrogen (secondary N) is 2. The summed E-state index contributed by atoms with van der Waals surface area (Å²) in [7, 11) is 0. The first-order valence-corrected chi connectivity index (χ1v) is 9.97. The van der Waals surface area contributed by atoms with Gasteiger partial charge in [-0.1, -0.05) is 6.92 Å². The van der Waals surface area contributed by atoms with Crippen LogP contribution >= 0.6 is 0 Å². The second-order valence-electron chi connectivity index (χ2n) is 7.73. The van der Waals surface area contributed by atoms with Crippen LogP contribution in [0.1, 0.15) is 53.9 Å². The minimum Gasteiger partial charge on any atom is -0.486 e. The van der Waals surface area contributed by atoms with Crippen molar-refractivity contribution in [2.24, 2.45) is 0 Å². The van der Waals surface area contributed by atoms with E-state index in [1.807, 2.05) is 20.8 Å². The highest BCUT2D eigenvalue weighted by Gasteiger charge is 2.19. The third kappa shape index (κ3) is 6.18. The van der Waals surface area contributed by atoms with Gasteiger partial charge in [0.1, 0.15) is 23.9 Å². The highest BCUT2D eigenvalue weighted by Crippen LogP contribution is 2.17. The first-order valence-electron chi connectivity index (χ1n) is 9.97. The van der Waals surface area contributed by atoms with Crippen LogP contribution in [-0.4, -0.2) is 17.4 Å². The molecule has 0 aliphatic heterocycles. The summed E-state index contributed by atoms with van der Waals surface area (Å²) in [6.07, 6.45) is 0.812. The van der Waals surface area contributed by atoms with E-state index in [1.165, 1.54) is 24.3 Å². The standard InChI is InChI=1S/C24H25FN2O4/c1-4-24(2,3)27-22(28)16-5-9-18(10-6-16)26-23(29)21-14-13-20(31-21)15-30-19-11-7-17(25)8-12-19/h5-14H,4,15H2,1-3H3,(H,26,29)(H,27,28). The van der Waals surface area contributed by atoms with Crippen molar-refractivity contribution in [2.45, 2.75) is 39.3 Å². The number of benzene rings is 2. The molecule has 0 bridgehead atoms. The topological polar surface area (TPSA) is 80.6 Å². The smallest absolute Gasteiger partial charge is 0.291 e. The normalized spacial score (nSPS) is 11.1. The number of furan rings is 1. The molecule has 0 saturated carbocycles. The monoisotopic (exact) mass is 424 g/mol. The Kier molecular flexibility index (Phi) is 6.74. The van der Waals surface area contributed by atoms with E-state index in [4.69, 9.17) is 9.15 Å². The summed E-state index contributed by atoms with van der Waals surface area (Å²) in [5.41, 5.74) is 0.760. The fourth-order valence-corrected chi connectivity index (χ4v) is 2.63. The van der Waals surface area contributed by atoms with Crippen LogP contribution in [0.5, 0.6) is 5.75 Å². The predicted octanol–water partition coefficient (Wildman–Crippen LogP) is 5.17. The van der Waals surface area contributed by atoms with Gasteiger partial charge in [0.25, 0.3) is 11.8 Å². The average Bonchev–Trinajstić information content (AvgIpc) is 3.23. The minimum atomic E-state index is -0.419. The Morgan fingerprint density at radius 1 is 0.968 bits per heavy atom. The van der Waals surface area contributed by atoms with Gasteiger partial charge in [-0.2, -0.15) is 0 Å². The molecule has 0 fully saturated rings. The van der Waals surface area contributed by atoms with Gasteiger partial charge >= 0.3 is 0 Å². The summed E-state index contributed by atoms with van der Waals surface area (Å²) in [4.78, 5) is 24.7. The molecule has 0 atom stereocenters. The van der Waals surface area contributed by atoms with E-state index in [2.05, 4.69) is 10.6 Å². The zero-order valence-corrected chi connectivity index (χ0v) is 17.7. The number of amides is 2. The maximum absolute atomic E-state index is 12.9. The molecule has 1 heterocycles. The maximum atomic E-state index is 12.9. The van der Waals surface area contributed by atoms with Crippen molar-refractivity contribution in [3.8, 4) is 5.75 Å². The fraction of sp³-hybridized carbons (Fsp3) is 0.250. The van der Waals surface area contributed by atoms with E-state index in [9.17, 15) is 14.0 Å². The number of ether oxygens (including phenoxy) is 1. The Hall–Kier alpha value is -3.61. The quantitative estimate of drug-likeness (QED) is 0.523. The minimum absolute atomic E-state index is 0.108. The molecular weight excluding hydrogens is 399 g/mol. The molecule has 1 aromatic heterocycles. The Morgan fingerprint density at radius 2 is 1.65 bits per heavy atom. The Labute approximate surface area is 180 Å². The molecule has 6 nitrogen and oxygen atoms in total. The first-order chi connectivity index (χ1) is 14.8. The number of hydrogen-bond acceptors (Lipinski definition) is 4. The summed E-state index contributed by atoms with van der Waals surface area (Å²) < 4.78 is 23.9. The van der Waals surface area contributed by atoms with Crippen molar-refractivity contribution in [1.82, 2.24) is 5.32 Å². The summed E-state index contributed by atoms with van der Waals surface area (Å²) in [6.45, 7) is 6.04. The van der Waals surface area contributed by atoms with Crippen molar-refractivity contribution in [1.29, 1.82) is 0 Å². The number of carbonyl (C=O) groups is 2. The van der Waals surface area contributed by atoms with Crippen LogP contribution in [0.4, 0.5) is 10.1 Å². The first kappa shape index (κ1) is 22.1.